The van der Waals surface area contributed by atoms with Gasteiger partial charge in [-0.05, 0) is 44.0 Å². The van der Waals surface area contributed by atoms with Crippen LogP contribution >= 0.6 is 11.6 Å². The van der Waals surface area contributed by atoms with E-state index in [0.29, 0.717) is 24.2 Å². The van der Waals surface area contributed by atoms with Crippen molar-refractivity contribution in [1.29, 1.82) is 0 Å². The van der Waals surface area contributed by atoms with Crippen molar-refractivity contribution in [2.75, 3.05) is 17.4 Å². The second kappa shape index (κ2) is 9.23. The fraction of sp³-hybridized carbons (Fsp3) is 0.316. The zero-order valence-corrected chi connectivity index (χ0v) is 17.9. The van der Waals surface area contributed by atoms with Crippen molar-refractivity contribution in [2.45, 2.75) is 32.1 Å². The highest BCUT2D eigenvalue weighted by atomic mass is 35.5. The number of nitro benzene ring substituents is 1. The van der Waals surface area contributed by atoms with Crippen LogP contribution in [0.4, 0.5) is 11.4 Å². The van der Waals surface area contributed by atoms with Crippen LogP contribution in [0.2, 0.25) is 5.02 Å². The van der Waals surface area contributed by atoms with Crippen LogP contribution in [-0.4, -0.2) is 32.3 Å². The van der Waals surface area contributed by atoms with Gasteiger partial charge in [-0.2, -0.15) is 0 Å². The van der Waals surface area contributed by atoms with Gasteiger partial charge in [-0.15, -0.1) is 0 Å². The summed E-state index contributed by atoms with van der Waals surface area (Å²) in [6.07, 6.45) is 0.700. The molecule has 1 amide bonds. The Morgan fingerprint density at radius 2 is 1.90 bits per heavy atom. The molecule has 0 heterocycles. The summed E-state index contributed by atoms with van der Waals surface area (Å²) >= 11 is 5.81. The van der Waals surface area contributed by atoms with Crippen LogP contribution in [0.3, 0.4) is 0 Å². The predicted octanol–water partition coefficient (Wildman–Crippen LogP) is 3.59. The standard InChI is InChI=1S/C19H22ClN3O5S/c1-4-9-21-19(24)12-22(17-8-5-13(2)10-14(17)3)29(27,28)15-6-7-16(20)18(11-15)23(25)26/h5-8,10-11H,4,9,12H2,1-3H3,(H,21,24). The van der Waals surface area contributed by atoms with Crippen molar-refractivity contribution in [3.05, 3.63) is 62.7 Å². The van der Waals surface area contributed by atoms with E-state index in [-0.39, 0.29) is 9.92 Å². The van der Waals surface area contributed by atoms with Crippen LogP contribution in [0, 0.1) is 24.0 Å². The van der Waals surface area contributed by atoms with E-state index >= 15 is 0 Å². The molecule has 2 aromatic carbocycles. The van der Waals surface area contributed by atoms with Crippen LogP contribution in [0.1, 0.15) is 24.5 Å². The summed E-state index contributed by atoms with van der Waals surface area (Å²) in [5.41, 5.74) is 1.38. The quantitative estimate of drug-likeness (QED) is 0.499. The van der Waals surface area contributed by atoms with Crippen molar-refractivity contribution in [3.63, 3.8) is 0 Å². The lowest BCUT2D eigenvalue weighted by atomic mass is 10.1. The Balaban J connectivity index is 2.58. The maximum atomic E-state index is 13.3. The van der Waals surface area contributed by atoms with E-state index in [9.17, 15) is 23.3 Å². The van der Waals surface area contributed by atoms with Crippen molar-refractivity contribution >= 4 is 38.9 Å². The van der Waals surface area contributed by atoms with Gasteiger partial charge in [-0.1, -0.05) is 36.2 Å². The van der Waals surface area contributed by atoms with E-state index in [0.717, 1.165) is 22.0 Å². The molecule has 0 bridgehead atoms. The molecule has 0 aliphatic carbocycles. The lowest BCUT2D eigenvalue weighted by Crippen LogP contribution is -2.41. The van der Waals surface area contributed by atoms with Gasteiger partial charge in [0.05, 0.1) is 15.5 Å². The Hall–Kier alpha value is -2.65. The molecule has 29 heavy (non-hydrogen) atoms. The summed E-state index contributed by atoms with van der Waals surface area (Å²) in [6.45, 7) is 5.44. The van der Waals surface area contributed by atoms with Crippen molar-refractivity contribution < 1.29 is 18.1 Å². The number of sulfonamides is 1. The van der Waals surface area contributed by atoms with Crippen LogP contribution in [-0.2, 0) is 14.8 Å². The first-order chi connectivity index (χ1) is 13.6. The number of anilines is 1. The Bertz CT molecular complexity index is 1040. The van der Waals surface area contributed by atoms with Gasteiger partial charge in [-0.3, -0.25) is 19.2 Å². The molecule has 1 N–H and O–H groups in total. The lowest BCUT2D eigenvalue weighted by Gasteiger charge is -2.26. The molecule has 0 atom stereocenters. The molecule has 0 fully saturated rings. The Labute approximate surface area is 174 Å². The topological polar surface area (TPSA) is 110 Å². The first-order valence-corrected chi connectivity index (χ1v) is 10.7. The second-order valence-corrected chi connectivity index (χ2v) is 8.79. The molecule has 0 aromatic heterocycles. The first-order valence-electron chi connectivity index (χ1n) is 8.88. The van der Waals surface area contributed by atoms with Crippen LogP contribution < -0.4 is 9.62 Å². The zero-order valence-electron chi connectivity index (χ0n) is 16.3. The summed E-state index contributed by atoms with van der Waals surface area (Å²) in [7, 11) is -4.27. The maximum absolute atomic E-state index is 13.3. The average Bonchev–Trinajstić information content (AvgIpc) is 2.64. The van der Waals surface area contributed by atoms with Gasteiger partial charge >= 0.3 is 0 Å². The van der Waals surface area contributed by atoms with Gasteiger partial charge in [0.2, 0.25) is 5.91 Å². The van der Waals surface area contributed by atoms with E-state index < -0.39 is 33.1 Å². The fourth-order valence-corrected chi connectivity index (χ4v) is 4.45. The van der Waals surface area contributed by atoms with Crippen molar-refractivity contribution in [1.82, 2.24) is 5.32 Å². The molecule has 2 rings (SSSR count). The van der Waals surface area contributed by atoms with Crippen LogP contribution in [0.5, 0.6) is 0 Å². The number of amides is 1. The van der Waals surface area contributed by atoms with Gasteiger partial charge in [0, 0.05) is 12.6 Å². The highest BCUT2D eigenvalue weighted by molar-refractivity contribution is 7.92. The molecule has 10 heteroatoms. The Kier molecular flexibility index (Phi) is 7.21. The second-order valence-electron chi connectivity index (χ2n) is 6.52. The maximum Gasteiger partial charge on any atom is 0.289 e. The molecule has 0 aliphatic rings. The zero-order chi connectivity index (χ0) is 21.8. The average molecular weight is 440 g/mol. The molecule has 0 unspecified atom stereocenters. The summed E-state index contributed by atoms with van der Waals surface area (Å²) in [4.78, 5) is 22.4. The number of hydrogen-bond donors (Lipinski definition) is 1. The molecule has 8 nitrogen and oxygen atoms in total. The molecular formula is C19H22ClN3O5S. The molecule has 0 saturated heterocycles. The number of carbonyl (C=O) groups excluding carboxylic acids is 1. The SMILES string of the molecule is CCCNC(=O)CN(c1ccc(C)cc1C)S(=O)(=O)c1ccc(Cl)c([N+](=O)[O-])c1. The largest absolute Gasteiger partial charge is 0.355 e. The van der Waals surface area contributed by atoms with Crippen LogP contribution in [0.15, 0.2) is 41.3 Å². The first kappa shape index (κ1) is 22.6. The van der Waals surface area contributed by atoms with Crippen molar-refractivity contribution in [2.24, 2.45) is 0 Å². The minimum atomic E-state index is -4.27. The highest BCUT2D eigenvalue weighted by Gasteiger charge is 2.30. The van der Waals surface area contributed by atoms with Gasteiger partial charge < -0.3 is 5.32 Å². The van der Waals surface area contributed by atoms with Gasteiger partial charge in [0.1, 0.15) is 11.6 Å². The molecule has 0 saturated carbocycles. The molecule has 156 valence electrons. The molecule has 0 radical (unpaired) electrons. The number of aryl methyl sites for hydroxylation is 2. The summed E-state index contributed by atoms with van der Waals surface area (Å²) < 4.78 is 27.6. The van der Waals surface area contributed by atoms with E-state index in [1.54, 1.807) is 25.1 Å². The number of hydrogen-bond acceptors (Lipinski definition) is 5. The summed E-state index contributed by atoms with van der Waals surface area (Å²) in [5.74, 6) is -0.473. The number of nitro groups is 1. The molecule has 0 aliphatic heterocycles. The third-order valence-corrected chi connectivity index (χ3v) is 6.26. The minimum Gasteiger partial charge on any atom is -0.355 e. The van der Waals surface area contributed by atoms with Gasteiger partial charge in [0.15, 0.2) is 0 Å². The number of halogens is 1. The van der Waals surface area contributed by atoms with E-state index in [2.05, 4.69) is 5.32 Å². The normalized spacial score (nSPS) is 11.2. The highest BCUT2D eigenvalue weighted by Crippen LogP contribution is 2.31. The van der Waals surface area contributed by atoms with Crippen LogP contribution in [0.25, 0.3) is 0 Å². The van der Waals surface area contributed by atoms with E-state index in [1.165, 1.54) is 6.07 Å². The monoisotopic (exact) mass is 439 g/mol. The Morgan fingerprint density at radius 1 is 1.21 bits per heavy atom. The molecule has 0 spiro atoms. The van der Waals surface area contributed by atoms with Crippen molar-refractivity contribution in [3.8, 4) is 0 Å². The van der Waals surface area contributed by atoms with E-state index in [4.69, 9.17) is 11.6 Å². The number of rotatable bonds is 8. The summed E-state index contributed by atoms with van der Waals surface area (Å²) in [6, 6.07) is 8.39. The third-order valence-electron chi connectivity index (χ3n) is 4.18. The molecule has 2 aromatic rings. The number of benzene rings is 2. The summed E-state index contributed by atoms with van der Waals surface area (Å²) in [5, 5.41) is 13.7. The van der Waals surface area contributed by atoms with Gasteiger partial charge in [-0.25, -0.2) is 8.42 Å². The number of nitrogens with zero attached hydrogens (tertiary/aromatic N) is 2. The smallest absolute Gasteiger partial charge is 0.289 e. The third kappa shape index (κ3) is 5.24. The molecular weight excluding hydrogens is 418 g/mol. The number of carbonyl (C=O) groups is 1. The Morgan fingerprint density at radius 3 is 2.48 bits per heavy atom. The number of nitrogens with one attached hydrogen (secondary N) is 1. The predicted molar refractivity (Wildman–Crippen MR) is 112 cm³/mol. The fourth-order valence-electron chi connectivity index (χ4n) is 2.76. The van der Waals surface area contributed by atoms with E-state index in [1.807, 2.05) is 13.8 Å². The minimum absolute atomic E-state index is 0.173. The van der Waals surface area contributed by atoms with Gasteiger partial charge in [0.25, 0.3) is 15.7 Å². The lowest BCUT2D eigenvalue weighted by molar-refractivity contribution is -0.384.